The second kappa shape index (κ2) is 8.25. The maximum atomic E-state index is 5.10. The average molecular weight is 250 g/mol. The second-order valence-electron chi connectivity index (χ2n) is 4.86. The quantitative estimate of drug-likeness (QED) is 0.816. The molecular formula is C15H26N2O. The Hall–Kier alpha value is -0.900. The fraction of sp³-hybridized carbons (Fsp3) is 0.600. The highest BCUT2D eigenvalue weighted by molar-refractivity contribution is 5.19. The van der Waals surface area contributed by atoms with Crippen LogP contribution in [0.3, 0.4) is 0 Å². The Morgan fingerprint density at radius 2 is 1.50 bits per heavy atom. The third kappa shape index (κ3) is 5.63. The number of piperidine rings is 1. The molecule has 0 radical (unpaired) electrons. The molecule has 0 spiro atoms. The van der Waals surface area contributed by atoms with Crippen molar-refractivity contribution in [3.8, 4) is 0 Å². The van der Waals surface area contributed by atoms with Crippen LogP contribution >= 0.6 is 0 Å². The summed E-state index contributed by atoms with van der Waals surface area (Å²) in [5.41, 5.74) is 2.66. The molecule has 0 atom stereocenters. The summed E-state index contributed by atoms with van der Waals surface area (Å²) in [6.07, 6.45) is 2.40. The molecule has 0 amide bonds. The molecule has 1 aliphatic heterocycles. The van der Waals surface area contributed by atoms with Crippen molar-refractivity contribution in [1.29, 1.82) is 0 Å². The minimum atomic E-state index is 0.617. The topological polar surface area (TPSA) is 24.5 Å². The predicted molar refractivity (Wildman–Crippen MR) is 76.6 cm³/mol. The molecule has 1 aliphatic rings. The van der Waals surface area contributed by atoms with Gasteiger partial charge in [-0.15, -0.1) is 0 Å². The molecule has 0 saturated carbocycles. The van der Waals surface area contributed by atoms with Crippen molar-refractivity contribution in [3.05, 3.63) is 35.4 Å². The monoisotopic (exact) mass is 250 g/mol. The van der Waals surface area contributed by atoms with Crippen molar-refractivity contribution >= 4 is 0 Å². The minimum absolute atomic E-state index is 0.617. The van der Waals surface area contributed by atoms with Crippen LogP contribution in [0.2, 0.25) is 0 Å². The van der Waals surface area contributed by atoms with Gasteiger partial charge < -0.3 is 10.2 Å². The zero-order valence-corrected chi connectivity index (χ0v) is 12.1. The highest BCUT2D eigenvalue weighted by atomic mass is 16.7. The van der Waals surface area contributed by atoms with Crippen LogP contribution < -0.4 is 5.32 Å². The number of rotatable bonds is 2. The maximum absolute atomic E-state index is 5.10. The van der Waals surface area contributed by atoms with E-state index in [0.717, 1.165) is 13.1 Å². The molecule has 1 aromatic rings. The summed E-state index contributed by atoms with van der Waals surface area (Å²) < 4.78 is 0. The molecule has 3 nitrogen and oxygen atoms in total. The Bertz CT molecular complexity index is 297. The molecule has 1 aromatic carbocycles. The van der Waals surface area contributed by atoms with Crippen molar-refractivity contribution in [3.63, 3.8) is 0 Å². The molecule has 0 bridgehead atoms. The SMILES string of the molecule is CON(C)C1CCNCC1.Cc1ccc(C)cc1. The first-order valence-electron chi connectivity index (χ1n) is 6.64. The third-order valence-corrected chi connectivity index (χ3v) is 3.33. The van der Waals surface area contributed by atoms with Gasteiger partial charge in [0.2, 0.25) is 0 Å². The summed E-state index contributed by atoms with van der Waals surface area (Å²) in [4.78, 5) is 5.10. The lowest BCUT2D eigenvalue weighted by molar-refractivity contribution is -0.146. The Morgan fingerprint density at radius 1 is 1.06 bits per heavy atom. The Labute approximate surface area is 111 Å². The molecule has 0 aromatic heterocycles. The van der Waals surface area contributed by atoms with Gasteiger partial charge in [-0.25, -0.2) is 0 Å². The van der Waals surface area contributed by atoms with E-state index in [1.54, 1.807) is 7.11 Å². The molecule has 18 heavy (non-hydrogen) atoms. The van der Waals surface area contributed by atoms with Gasteiger partial charge in [0.25, 0.3) is 0 Å². The van der Waals surface area contributed by atoms with E-state index in [1.165, 1.54) is 24.0 Å². The van der Waals surface area contributed by atoms with Crippen LogP contribution in [0.1, 0.15) is 24.0 Å². The molecule has 102 valence electrons. The Balaban J connectivity index is 0.000000184. The van der Waals surface area contributed by atoms with Crippen LogP contribution in [0.25, 0.3) is 0 Å². The average Bonchev–Trinajstić information content (AvgIpc) is 2.43. The highest BCUT2D eigenvalue weighted by Crippen LogP contribution is 2.08. The standard InChI is InChI=1S/C8H10.C7H16N2O/c1-7-3-5-8(2)6-4-7;1-9(10-2)7-3-5-8-6-4-7/h3-6H,1-2H3;7-8H,3-6H2,1-2H3. The van der Waals surface area contributed by atoms with Crippen LogP contribution in [0.5, 0.6) is 0 Å². The molecular weight excluding hydrogens is 224 g/mol. The van der Waals surface area contributed by atoms with Gasteiger partial charge in [0.1, 0.15) is 0 Å². The van der Waals surface area contributed by atoms with Gasteiger partial charge in [-0.3, -0.25) is 0 Å². The smallest absolute Gasteiger partial charge is 0.0575 e. The van der Waals surface area contributed by atoms with E-state index in [-0.39, 0.29) is 0 Å². The van der Waals surface area contributed by atoms with Gasteiger partial charge in [-0.1, -0.05) is 35.4 Å². The minimum Gasteiger partial charge on any atom is -0.317 e. The first-order valence-corrected chi connectivity index (χ1v) is 6.64. The highest BCUT2D eigenvalue weighted by Gasteiger charge is 2.16. The number of benzene rings is 1. The number of nitrogens with one attached hydrogen (secondary N) is 1. The predicted octanol–water partition coefficient (Wildman–Crippen LogP) is 2.54. The van der Waals surface area contributed by atoms with Crippen LogP contribution in [-0.4, -0.2) is 38.4 Å². The van der Waals surface area contributed by atoms with Crippen LogP contribution in [0.4, 0.5) is 0 Å². The van der Waals surface area contributed by atoms with Crippen molar-refractivity contribution in [2.75, 3.05) is 27.2 Å². The van der Waals surface area contributed by atoms with Crippen LogP contribution in [-0.2, 0) is 4.84 Å². The summed E-state index contributed by atoms with van der Waals surface area (Å²) in [6.45, 7) is 6.44. The number of hydrogen-bond acceptors (Lipinski definition) is 3. The van der Waals surface area contributed by atoms with Crippen LogP contribution in [0, 0.1) is 13.8 Å². The Kier molecular flexibility index (Phi) is 6.94. The molecule has 1 N–H and O–H groups in total. The van der Waals surface area contributed by atoms with Gasteiger partial charge in [-0.05, 0) is 39.8 Å². The fourth-order valence-corrected chi connectivity index (χ4v) is 1.96. The lowest BCUT2D eigenvalue weighted by Gasteiger charge is -2.29. The molecule has 0 aliphatic carbocycles. The van der Waals surface area contributed by atoms with E-state index in [0.29, 0.717) is 6.04 Å². The summed E-state index contributed by atoms with van der Waals surface area (Å²) in [6, 6.07) is 9.10. The van der Waals surface area contributed by atoms with Gasteiger partial charge in [-0.2, -0.15) is 5.06 Å². The molecule has 1 heterocycles. The number of aryl methyl sites for hydroxylation is 2. The van der Waals surface area contributed by atoms with Gasteiger partial charge >= 0.3 is 0 Å². The van der Waals surface area contributed by atoms with Gasteiger partial charge in [0.05, 0.1) is 7.11 Å². The normalized spacial score (nSPS) is 16.3. The van der Waals surface area contributed by atoms with Gasteiger partial charge in [0.15, 0.2) is 0 Å². The molecule has 1 saturated heterocycles. The molecule has 1 fully saturated rings. The number of hydroxylamine groups is 2. The van der Waals surface area contributed by atoms with E-state index in [2.05, 4.69) is 43.4 Å². The van der Waals surface area contributed by atoms with Crippen molar-refractivity contribution in [1.82, 2.24) is 10.4 Å². The van der Waals surface area contributed by atoms with Crippen LogP contribution in [0.15, 0.2) is 24.3 Å². The van der Waals surface area contributed by atoms with Crippen molar-refractivity contribution in [2.24, 2.45) is 0 Å². The van der Waals surface area contributed by atoms with E-state index >= 15 is 0 Å². The zero-order chi connectivity index (χ0) is 13.4. The molecule has 0 unspecified atom stereocenters. The summed E-state index contributed by atoms with van der Waals surface area (Å²) >= 11 is 0. The summed E-state index contributed by atoms with van der Waals surface area (Å²) in [7, 11) is 3.72. The Morgan fingerprint density at radius 3 is 1.89 bits per heavy atom. The number of nitrogens with zero attached hydrogens (tertiary/aromatic N) is 1. The summed E-state index contributed by atoms with van der Waals surface area (Å²) in [5, 5.41) is 5.26. The fourth-order valence-electron chi connectivity index (χ4n) is 1.96. The lowest BCUT2D eigenvalue weighted by atomic mass is 10.1. The van der Waals surface area contributed by atoms with Gasteiger partial charge in [0, 0.05) is 13.1 Å². The third-order valence-electron chi connectivity index (χ3n) is 3.33. The van der Waals surface area contributed by atoms with E-state index < -0.39 is 0 Å². The molecule has 2 rings (SSSR count). The summed E-state index contributed by atoms with van der Waals surface area (Å²) in [5.74, 6) is 0. The van der Waals surface area contributed by atoms with Crippen molar-refractivity contribution in [2.45, 2.75) is 32.7 Å². The molecule has 3 heteroatoms. The lowest BCUT2D eigenvalue weighted by Crippen LogP contribution is -2.40. The largest absolute Gasteiger partial charge is 0.317 e. The maximum Gasteiger partial charge on any atom is 0.0575 e. The van der Waals surface area contributed by atoms with E-state index in [1.807, 2.05) is 12.1 Å². The zero-order valence-electron chi connectivity index (χ0n) is 12.1. The first kappa shape index (κ1) is 15.2. The second-order valence-corrected chi connectivity index (χ2v) is 4.86. The number of hydrogen-bond donors (Lipinski definition) is 1. The van der Waals surface area contributed by atoms with E-state index in [4.69, 9.17) is 4.84 Å². The van der Waals surface area contributed by atoms with E-state index in [9.17, 15) is 0 Å². The van der Waals surface area contributed by atoms with Crippen molar-refractivity contribution < 1.29 is 4.84 Å². The first-order chi connectivity index (χ1) is 8.63.